The van der Waals surface area contributed by atoms with Gasteiger partial charge >= 0.3 is 0 Å². The summed E-state index contributed by atoms with van der Waals surface area (Å²) in [5, 5.41) is 9.30. The normalized spacial score (nSPS) is 31.5. The fourth-order valence-corrected chi connectivity index (χ4v) is 2.06. The van der Waals surface area contributed by atoms with Crippen molar-refractivity contribution in [2.24, 2.45) is 0 Å². The van der Waals surface area contributed by atoms with Gasteiger partial charge < -0.3 is 9.84 Å². The molecule has 1 aliphatic heterocycles. The summed E-state index contributed by atoms with van der Waals surface area (Å²) in [5.74, 6) is 0. The lowest BCUT2D eigenvalue weighted by atomic mass is 9.95. The van der Waals surface area contributed by atoms with Gasteiger partial charge in [-0.25, -0.2) is 0 Å². The van der Waals surface area contributed by atoms with Crippen molar-refractivity contribution in [3.8, 4) is 0 Å². The van der Waals surface area contributed by atoms with E-state index in [0.29, 0.717) is 0 Å². The van der Waals surface area contributed by atoms with Gasteiger partial charge in [-0.05, 0) is 39.0 Å². The highest BCUT2D eigenvalue weighted by Crippen LogP contribution is 2.33. The molecule has 1 rings (SSSR count). The number of hydrogen-bond acceptors (Lipinski definition) is 2. The predicted octanol–water partition coefficient (Wildman–Crippen LogP) is 3.40. The van der Waals surface area contributed by atoms with Crippen molar-refractivity contribution in [1.29, 1.82) is 0 Å². The zero-order valence-electron chi connectivity index (χ0n) is 10.0. The summed E-state index contributed by atoms with van der Waals surface area (Å²) in [5.41, 5.74) is -0.0714. The molecule has 1 unspecified atom stereocenters. The first-order chi connectivity index (χ1) is 7.16. The Kier molecular flexibility index (Phi) is 5.34. The number of aliphatic hydroxyl groups excluding tert-OH is 1. The van der Waals surface area contributed by atoms with Gasteiger partial charge in [0.05, 0.1) is 5.60 Å². The summed E-state index contributed by atoms with van der Waals surface area (Å²) in [4.78, 5) is 0. The minimum atomic E-state index is -0.523. The third kappa shape index (κ3) is 4.80. The zero-order valence-corrected chi connectivity index (χ0v) is 10.0. The second kappa shape index (κ2) is 6.29. The molecule has 1 fully saturated rings. The van der Waals surface area contributed by atoms with Gasteiger partial charge in [-0.1, -0.05) is 25.5 Å². The maximum absolute atomic E-state index is 9.30. The molecule has 0 aromatic carbocycles. The fraction of sp³-hybridized carbons (Fsp3) is 0.846. The van der Waals surface area contributed by atoms with Gasteiger partial charge in [0, 0.05) is 6.42 Å². The largest absolute Gasteiger partial charge is 0.368 e. The number of unbranched alkanes of at least 4 members (excludes halogenated alkanes) is 2. The maximum Gasteiger partial charge on any atom is 0.155 e. The minimum Gasteiger partial charge on any atom is -0.368 e. The Bertz CT molecular complexity index is 201. The third-order valence-electron chi connectivity index (χ3n) is 3.04. The van der Waals surface area contributed by atoms with Gasteiger partial charge in [0.15, 0.2) is 6.29 Å². The minimum absolute atomic E-state index is 0.0714. The highest BCUT2D eigenvalue weighted by molar-refractivity contribution is 4.85. The SMILES string of the molecule is CCC/C=C/CCC[C@]1(C)CCC(O)O1. The van der Waals surface area contributed by atoms with E-state index in [-0.39, 0.29) is 5.60 Å². The molecule has 0 aromatic rings. The average Bonchev–Trinajstić information content (AvgIpc) is 2.53. The fourth-order valence-electron chi connectivity index (χ4n) is 2.06. The molecule has 2 nitrogen and oxygen atoms in total. The molecule has 2 heteroatoms. The molecule has 0 saturated carbocycles. The van der Waals surface area contributed by atoms with Crippen LogP contribution in [0.2, 0.25) is 0 Å². The van der Waals surface area contributed by atoms with E-state index in [2.05, 4.69) is 26.0 Å². The first-order valence-corrected chi connectivity index (χ1v) is 6.17. The average molecular weight is 212 g/mol. The van der Waals surface area contributed by atoms with E-state index in [1.165, 1.54) is 12.8 Å². The first kappa shape index (κ1) is 12.7. The lowest BCUT2D eigenvalue weighted by Gasteiger charge is -2.23. The molecule has 0 radical (unpaired) electrons. The summed E-state index contributed by atoms with van der Waals surface area (Å²) in [6.45, 7) is 4.30. The van der Waals surface area contributed by atoms with Gasteiger partial charge in [-0.15, -0.1) is 0 Å². The van der Waals surface area contributed by atoms with Crippen LogP contribution in [-0.4, -0.2) is 17.0 Å². The lowest BCUT2D eigenvalue weighted by molar-refractivity contribution is -0.132. The summed E-state index contributed by atoms with van der Waals surface area (Å²) in [6.07, 6.45) is 11.5. The topological polar surface area (TPSA) is 29.5 Å². The van der Waals surface area contributed by atoms with Crippen molar-refractivity contribution in [3.63, 3.8) is 0 Å². The van der Waals surface area contributed by atoms with Gasteiger partial charge in [0.25, 0.3) is 0 Å². The molecular formula is C13H24O2. The second-order valence-electron chi connectivity index (χ2n) is 4.71. The molecule has 1 aliphatic rings. The molecule has 0 aliphatic carbocycles. The monoisotopic (exact) mass is 212 g/mol. The molecule has 0 aromatic heterocycles. The van der Waals surface area contributed by atoms with Crippen LogP contribution in [0.1, 0.15) is 58.8 Å². The van der Waals surface area contributed by atoms with Crippen LogP contribution in [0, 0.1) is 0 Å². The van der Waals surface area contributed by atoms with E-state index in [0.717, 1.165) is 32.1 Å². The van der Waals surface area contributed by atoms with E-state index in [1.54, 1.807) is 0 Å². The number of allylic oxidation sites excluding steroid dienone is 2. The third-order valence-corrected chi connectivity index (χ3v) is 3.04. The Morgan fingerprint density at radius 2 is 2.13 bits per heavy atom. The Labute approximate surface area is 93.3 Å². The van der Waals surface area contributed by atoms with Crippen LogP contribution in [0.3, 0.4) is 0 Å². The van der Waals surface area contributed by atoms with Crippen molar-refractivity contribution >= 4 is 0 Å². The van der Waals surface area contributed by atoms with E-state index in [4.69, 9.17) is 4.74 Å². The van der Waals surface area contributed by atoms with E-state index >= 15 is 0 Å². The maximum atomic E-state index is 9.30. The van der Waals surface area contributed by atoms with E-state index in [1.807, 2.05) is 0 Å². The molecule has 1 saturated heterocycles. The van der Waals surface area contributed by atoms with Crippen molar-refractivity contribution < 1.29 is 9.84 Å². The van der Waals surface area contributed by atoms with Crippen LogP contribution in [-0.2, 0) is 4.74 Å². The van der Waals surface area contributed by atoms with Crippen LogP contribution in [0.25, 0.3) is 0 Å². The molecule has 88 valence electrons. The molecular weight excluding hydrogens is 188 g/mol. The Morgan fingerprint density at radius 3 is 2.73 bits per heavy atom. The Morgan fingerprint density at radius 1 is 1.40 bits per heavy atom. The quantitative estimate of drug-likeness (QED) is 0.540. The van der Waals surface area contributed by atoms with Crippen LogP contribution in [0.4, 0.5) is 0 Å². The second-order valence-corrected chi connectivity index (χ2v) is 4.71. The highest BCUT2D eigenvalue weighted by Gasteiger charge is 2.34. The van der Waals surface area contributed by atoms with Crippen molar-refractivity contribution in [3.05, 3.63) is 12.2 Å². The number of ether oxygens (including phenoxy) is 1. The van der Waals surface area contributed by atoms with E-state index < -0.39 is 6.29 Å². The summed E-state index contributed by atoms with van der Waals surface area (Å²) in [7, 11) is 0. The van der Waals surface area contributed by atoms with Crippen LogP contribution < -0.4 is 0 Å². The summed E-state index contributed by atoms with van der Waals surface area (Å²) in [6, 6.07) is 0. The lowest BCUT2D eigenvalue weighted by Crippen LogP contribution is -2.24. The first-order valence-electron chi connectivity index (χ1n) is 6.17. The van der Waals surface area contributed by atoms with Crippen LogP contribution in [0.5, 0.6) is 0 Å². The van der Waals surface area contributed by atoms with Gasteiger partial charge in [-0.2, -0.15) is 0 Å². The predicted molar refractivity (Wildman–Crippen MR) is 62.6 cm³/mol. The smallest absolute Gasteiger partial charge is 0.155 e. The standard InChI is InChI=1S/C13H24O2/c1-3-4-5-6-7-8-10-13(2)11-9-12(14)15-13/h5-6,12,14H,3-4,7-11H2,1-2H3/b6-5+/t12?,13-/m1/s1. The molecule has 0 bridgehead atoms. The summed E-state index contributed by atoms with van der Waals surface area (Å²) >= 11 is 0. The van der Waals surface area contributed by atoms with Crippen molar-refractivity contribution in [2.45, 2.75) is 70.7 Å². The molecule has 1 N–H and O–H groups in total. The van der Waals surface area contributed by atoms with Gasteiger partial charge in [0.2, 0.25) is 0 Å². The van der Waals surface area contributed by atoms with Gasteiger partial charge in [0.1, 0.15) is 0 Å². The van der Waals surface area contributed by atoms with Crippen LogP contribution in [0.15, 0.2) is 12.2 Å². The molecule has 2 atom stereocenters. The van der Waals surface area contributed by atoms with Gasteiger partial charge in [-0.3, -0.25) is 0 Å². The summed E-state index contributed by atoms with van der Waals surface area (Å²) < 4.78 is 5.51. The number of rotatable bonds is 6. The Balaban J connectivity index is 2.09. The number of hydrogen-bond donors (Lipinski definition) is 1. The molecule has 0 amide bonds. The highest BCUT2D eigenvalue weighted by atomic mass is 16.6. The molecule has 0 spiro atoms. The van der Waals surface area contributed by atoms with E-state index in [9.17, 15) is 5.11 Å². The molecule has 1 heterocycles. The number of aliphatic hydroxyl groups is 1. The van der Waals surface area contributed by atoms with Crippen molar-refractivity contribution in [2.75, 3.05) is 0 Å². The molecule has 15 heavy (non-hydrogen) atoms. The Hall–Kier alpha value is -0.340. The van der Waals surface area contributed by atoms with Crippen LogP contribution >= 0.6 is 0 Å². The van der Waals surface area contributed by atoms with Crippen molar-refractivity contribution in [1.82, 2.24) is 0 Å². The zero-order chi connectivity index (χ0) is 11.1.